The summed E-state index contributed by atoms with van der Waals surface area (Å²) >= 11 is 1.27. The summed E-state index contributed by atoms with van der Waals surface area (Å²) in [6.07, 6.45) is 1.69. The number of carbonyl (C=O) groups excluding carboxylic acids is 2. The summed E-state index contributed by atoms with van der Waals surface area (Å²) in [4.78, 5) is 38.1. The molecule has 2 amide bonds. The molecular weight excluding hydrogens is 480 g/mol. The van der Waals surface area contributed by atoms with Crippen LogP contribution in [0, 0.1) is 24.0 Å². The van der Waals surface area contributed by atoms with Gasteiger partial charge in [0, 0.05) is 36.5 Å². The van der Waals surface area contributed by atoms with E-state index in [1.165, 1.54) is 30.0 Å². The van der Waals surface area contributed by atoms with E-state index in [-0.39, 0.29) is 29.3 Å². The normalized spacial score (nSPS) is 15.2. The van der Waals surface area contributed by atoms with E-state index in [9.17, 15) is 19.7 Å². The standard InChI is InChI=1S/C25H28N6O4S/c1-4-29-23(21-9-6-12-30(21)24(33)18-8-5-7-16(2)13-18)27-28-25(29)36-15-22(32)26-20-11-10-19(31(34)35)14-17(20)3/h5,7-8,10-11,13-14,21H,4,6,9,12,15H2,1-3H3,(H,26,32). The SMILES string of the molecule is CCn1c(SCC(=O)Nc2ccc([N+](=O)[O-])cc2C)nnc1C1CCCN1C(=O)c1cccc(C)c1. The molecule has 10 nitrogen and oxygen atoms in total. The smallest absolute Gasteiger partial charge is 0.269 e. The monoisotopic (exact) mass is 508 g/mol. The fraction of sp³-hybridized carbons (Fsp3) is 0.360. The minimum absolute atomic E-state index is 0.0149. The number of nitrogens with one attached hydrogen (secondary N) is 1. The van der Waals surface area contributed by atoms with Crippen LogP contribution in [0.1, 0.15) is 53.1 Å². The molecule has 0 aliphatic carbocycles. The number of non-ortho nitro benzene ring substituents is 1. The molecule has 2 heterocycles. The first-order valence-electron chi connectivity index (χ1n) is 11.8. The van der Waals surface area contributed by atoms with Gasteiger partial charge in [-0.05, 0) is 57.4 Å². The first-order valence-corrected chi connectivity index (χ1v) is 12.8. The number of rotatable bonds is 8. The van der Waals surface area contributed by atoms with Crippen molar-refractivity contribution in [1.29, 1.82) is 0 Å². The van der Waals surface area contributed by atoms with Crippen molar-refractivity contribution in [2.24, 2.45) is 0 Å². The highest BCUT2D eigenvalue weighted by Crippen LogP contribution is 2.34. The van der Waals surface area contributed by atoms with Crippen LogP contribution in [0.2, 0.25) is 0 Å². The van der Waals surface area contributed by atoms with Crippen molar-refractivity contribution in [3.8, 4) is 0 Å². The number of benzene rings is 2. The second-order valence-electron chi connectivity index (χ2n) is 8.70. The molecule has 1 aliphatic rings. The maximum Gasteiger partial charge on any atom is 0.269 e. The number of nitro benzene ring substituents is 1. The van der Waals surface area contributed by atoms with Gasteiger partial charge < -0.3 is 14.8 Å². The highest BCUT2D eigenvalue weighted by atomic mass is 32.2. The lowest BCUT2D eigenvalue weighted by Crippen LogP contribution is -2.32. The molecule has 3 aromatic rings. The van der Waals surface area contributed by atoms with Crippen molar-refractivity contribution in [3.05, 3.63) is 75.1 Å². The molecule has 1 unspecified atom stereocenters. The van der Waals surface area contributed by atoms with Gasteiger partial charge in [0.15, 0.2) is 11.0 Å². The summed E-state index contributed by atoms with van der Waals surface area (Å²) in [5, 5.41) is 23.1. The average molecular weight is 509 g/mol. The van der Waals surface area contributed by atoms with Crippen LogP contribution in [0.15, 0.2) is 47.6 Å². The lowest BCUT2D eigenvalue weighted by Gasteiger charge is -2.24. The summed E-state index contributed by atoms with van der Waals surface area (Å²) in [6, 6.07) is 11.7. The molecule has 2 aromatic carbocycles. The van der Waals surface area contributed by atoms with Crippen molar-refractivity contribution < 1.29 is 14.5 Å². The minimum Gasteiger partial charge on any atom is -0.328 e. The Morgan fingerprint density at radius 2 is 2.00 bits per heavy atom. The number of hydrogen-bond acceptors (Lipinski definition) is 7. The summed E-state index contributed by atoms with van der Waals surface area (Å²) in [5.41, 5.74) is 2.82. The van der Waals surface area contributed by atoms with Gasteiger partial charge in [0.25, 0.3) is 11.6 Å². The second kappa shape index (κ2) is 10.9. The third-order valence-electron chi connectivity index (χ3n) is 6.17. The molecule has 0 saturated carbocycles. The number of nitro groups is 1. The van der Waals surface area contributed by atoms with Crippen LogP contribution in [-0.4, -0.2) is 48.7 Å². The van der Waals surface area contributed by atoms with Crippen LogP contribution in [0.25, 0.3) is 0 Å². The number of hydrogen-bond donors (Lipinski definition) is 1. The Balaban J connectivity index is 1.44. The highest BCUT2D eigenvalue weighted by molar-refractivity contribution is 7.99. The third-order valence-corrected chi connectivity index (χ3v) is 7.13. The van der Waals surface area contributed by atoms with Crippen LogP contribution in [0.3, 0.4) is 0 Å². The molecule has 1 aromatic heterocycles. The van der Waals surface area contributed by atoms with Gasteiger partial charge in [0.1, 0.15) is 0 Å². The Hall–Kier alpha value is -3.73. The van der Waals surface area contributed by atoms with E-state index in [4.69, 9.17) is 0 Å². The maximum atomic E-state index is 13.2. The van der Waals surface area contributed by atoms with Gasteiger partial charge in [-0.3, -0.25) is 19.7 Å². The van der Waals surface area contributed by atoms with Gasteiger partial charge in [0.05, 0.1) is 16.7 Å². The van der Waals surface area contributed by atoms with E-state index in [1.54, 1.807) is 6.92 Å². The Bertz CT molecular complexity index is 1310. The molecular formula is C25H28N6O4S. The molecule has 0 spiro atoms. The Morgan fingerprint density at radius 3 is 2.69 bits per heavy atom. The first kappa shape index (κ1) is 25.4. The van der Waals surface area contributed by atoms with Gasteiger partial charge in [-0.25, -0.2) is 0 Å². The van der Waals surface area contributed by atoms with Crippen molar-refractivity contribution in [1.82, 2.24) is 19.7 Å². The first-order chi connectivity index (χ1) is 17.3. The summed E-state index contributed by atoms with van der Waals surface area (Å²) < 4.78 is 1.96. The number of likely N-dealkylation sites (tertiary alicyclic amines) is 1. The molecule has 1 atom stereocenters. The Labute approximate surface area is 213 Å². The zero-order valence-electron chi connectivity index (χ0n) is 20.4. The van der Waals surface area contributed by atoms with E-state index in [1.807, 2.05) is 47.6 Å². The zero-order chi connectivity index (χ0) is 25.8. The van der Waals surface area contributed by atoms with Crippen LogP contribution in [0.4, 0.5) is 11.4 Å². The largest absolute Gasteiger partial charge is 0.328 e. The molecule has 4 rings (SSSR count). The van der Waals surface area contributed by atoms with Crippen LogP contribution in [0.5, 0.6) is 0 Å². The predicted octanol–water partition coefficient (Wildman–Crippen LogP) is 4.53. The summed E-state index contributed by atoms with van der Waals surface area (Å²) in [7, 11) is 0. The molecule has 1 fully saturated rings. The lowest BCUT2D eigenvalue weighted by atomic mass is 10.1. The van der Waals surface area contributed by atoms with Crippen LogP contribution in [-0.2, 0) is 11.3 Å². The maximum absolute atomic E-state index is 13.2. The van der Waals surface area contributed by atoms with Crippen LogP contribution >= 0.6 is 11.8 Å². The third kappa shape index (κ3) is 5.40. The van der Waals surface area contributed by atoms with Crippen LogP contribution < -0.4 is 5.32 Å². The molecule has 1 aliphatic heterocycles. The number of carbonyl (C=O) groups is 2. The van der Waals surface area contributed by atoms with E-state index in [2.05, 4.69) is 15.5 Å². The lowest BCUT2D eigenvalue weighted by molar-refractivity contribution is -0.384. The number of thioether (sulfide) groups is 1. The van der Waals surface area contributed by atoms with Gasteiger partial charge in [-0.2, -0.15) is 0 Å². The van der Waals surface area contributed by atoms with Crippen molar-refractivity contribution in [3.63, 3.8) is 0 Å². The van der Waals surface area contributed by atoms with Gasteiger partial charge >= 0.3 is 0 Å². The average Bonchev–Trinajstić information content (AvgIpc) is 3.50. The van der Waals surface area contributed by atoms with Crippen molar-refractivity contribution in [2.75, 3.05) is 17.6 Å². The quantitative estimate of drug-likeness (QED) is 0.269. The number of anilines is 1. The number of nitrogens with zero attached hydrogens (tertiary/aromatic N) is 5. The van der Waals surface area contributed by atoms with Gasteiger partial charge in [-0.15, -0.1) is 10.2 Å². The highest BCUT2D eigenvalue weighted by Gasteiger charge is 2.34. The second-order valence-corrected chi connectivity index (χ2v) is 9.65. The summed E-state index contributed by atoms with van der Waals surface area (Å²) in [5.74, 6) is 0.566. The van der Waals surface area contributed by atoms with E-state index >= 15 is 0 Å². The van der Waals surface area contributed by atoms with E-state index in [0.717, 1.165) is 24.2 Å². The van der Waals surface area contributed by atoms with Gasteiger partial charge in [-0.1, -0.05) is 29.5 Å². The van der Waals surface area contributed by atoms with E-state index < -0.39 is 4.92 Å². The molecule has 11 heteroatoms. The molecule has 1 N–H and O–H groups in total. The minimum atomic E-state index is -0.469. The number of aromatic nitrogens is 3. The Kier molecular flexibility index (Phi) is 7.68. The molecule has 1 saturated heterocycles. The topological polar surface area (TPSA) is 123 Å². The molecule has 0 bridgehead atoms. The molecule has 36 heavy (non-hydrogen) atoms. The van der Waals surface area contributed by atoms with E-state index in [0.29, 0.717) is 35.1 Å². The fourth-order valence-electron chi connectivity index (χ4n) is 4.39. The van der Waals surface area contributed by atoms with Crippen molar-refractivity contribution >= 4 is 35.0 Å². The van der Waals surface area contributed by atoms with Gasteiger partial charge in [0.2, 0.25) is 5.91 Å². The fourth-order valence-corrected chi connectivity index (χ4v) is 5.20. The predicted molar refractivity (Wildman–Crippen MR) is 137 cm³/mol. The zero-order valence-corrected chi connectivity index (χ0v) is 21.2. The number of amides is 2. The molecule has 0 radical (unpaired) electrons. The molecule has 188 valence electrons. The number of aryl methyl sites for hydroxylation is 2. The van der Waals surface area contributed by atoms with Crippen molar-refractivity contribution in [2.45, 2.75) is 51.4 Å². The summed E-state index contributed by atoms with van der Waals surface area (Å²) in [6.45, 7) is 6.93. The Morgan fingerprint density at radius 1 is 1.19 bits per heavy atom.